The molecule has 0 unspecified atom stereocenters. The molecule has 4 fully saturated rings. The van der Waals surface area contributed by atoms with Gasteiger partial charge in [-0.25, -0.2) is 4.39 Å². The molecule has 3 amide bonds. The molecule has 6 atom stereocenters. The maximum atomic E-state index is 14.3. The number of nitrogens with one attached hydrogen (secondary N) is 1. The molecule has 4 aliphatic rings. The summed E-state index contributed by atoms with van der Waals surface area (Å²) >= 11 is 1.14. The summed E-state index contributed by atoms with van der Waals surface area (Å²) in [6.07, 6.45) is 4.65. The molecular weight excluding hydrogens is 630 g/mol. The van der Waals surface area contributed by atoms with Gasteiger partial charge in [-0.2, -0.15) is 5.26 Å². The molecule has 4 heterocycles. The van der Waals surface area contributed by atoms with E-state index in [2.05, 4.69) is 11.4 Å². The number of carbonyl (C=O) groups excluding carboxylic acids is 3. The lowest BCUT2D eigenvalue weighted by Gasteiger charge is -2.35. The van der Waals surface area contributed by atoms with Crippen LogP contribution in [-0.2, 0) is 14.2 Å². The van der Waals surface area contributed by atoms with Gasteiger partial charge in [-0.05, 0) is 79.7 Å². The van der Waals surface area contributed by atoms with Crippen molar-refractivity contribution in [3.05, 3.63) is 70.6 Å². The van der Waals surface area contributed by atoms with Crippen LogP contribution in [0.25, 0.3) is 10.1 Å². The minimum Gasteiger partial charge on any atom is -0.340 e. The fourth-order valence-electron chi connectivity index (χ4n) is 7.92. The smallest absolute Gasteiger partial charge is 0.340 e. The Bertz CT molecular complexity index is 1800. The van der Waals surface area contributed by atoms with E-state index >= 15 is 0 Å². The summed E-state index contributed by atoms with van der Waals surface area (Å²) in [6, 6.07) is 16.4. The SMILES string of the molecule is N#C[C@H]1[C@H](c2ccccc2)CN(C(=O)[C@@H]2CC[C@@H]3CCC[C@H](NC(=O)c4cc5cc([C@H](F)P(=O)(O)O)ccc5s4)C(=O)N32)C12CC2. The molecular formula is C33H34FN4O6PS. The summed E-state index contributed by atoms with van der Waals surface area (Å²) in [4.78, 5) is 64.1. The summed E-state index contributed by atoms with van der Waals surface area (Å²) in [6.45, 7) is 0.440. The number of hydrogen-bond acceptors (Lipinski definition) is 6. The number of amides is 3. The Morgan fingerprint density at radius 3 is 2.54 bits per heavy atom. The van der Waals surface area contributed by atoms with E-state index in [-0.39, 0.29) is 40.1 Å². The molecule has 1 spiro atoms. The van der Waals surface area contributed by atoms with E-state index in [0.29, 0.717) is 42.3 Å². The number of likely N-dealkylation sites (tertiary alicyclic amines) is 1. The van der Waals surface area contributed by atoms with Crippen LogP contribution < -0.4 is 5.32 Å². The summed E-state index contributed by atoms with van der Waals surface area (Å²) in [5.74, 6) is -3.74. The minimum atomic E-state index is -4.98. The van der Waals surface area contributed by atoms with Crippen molar-refractivity contribution in [3.8, 4) is 6.07 Å². The predicted molar refractivity (Wildman–Crippen MR) is 168 cm³/mol. The van der Waals surface area contributed by atoms with Gasteiger partial charge in [0.25, 0.3) is 5.91 Å². The van der Waals surface area contributed by atoms with Gasteiger partial charge in [0.15, 0.2) is 0 Å². The van der Waals surface area contributed by atoms with E-state index in [1.807, 2.05) is 35.2 Å². The van der Waals surface area contributed by atoms with Gasteiger partial charge in [0.05, 0.1) is 22.4 Å². The second-order valence-corrected chi connectivity index (χ2v) is 15.7. The number of nitriles is 1. The average molecular weight is 665 g/mol. The first-order valence-corrected chi connectivity index (χ1v) is 18.1. The average Bonchev–Trinajstić information content (AvgIpc) is 3.42. The van der Waals surface area contributed by atoms with Crippen LogP contribution in [0.3, 0.4) is 0 Å². The number of rotatable bonds is 6. The number of hydrogen-bond donors (Lipinski definition) is 3. The molecule has 13 heteroatoms. The zero-order chi connectivity index (χ0) is 32.4. The largest absolute Gasteiger partial charge is 0.363 e. The highest BCUT2D eigenvalue weighted by molar-refractivity contribution is 7.51. The van der Waals surface area contributed by atoms with Crippen molar-refractivity contribution in [2.75, 3.05) is 6.54 Å². The molecule has 3 aliphatic heterocycles. The van der Waals surface area contributed by atoms with E-state index in [1.165, 1.54) is 24.3 Å². The normalized spacial score (nSPS) is 27.7. The molecule has 1 aliphatic carbocycles. The van der Waals surface area contributed by atoms with Crippen LogP contribution in [-0.4, -0.2) is 67.5 Å². The fraction of sp³-hybridized carbons (Fsp3) is 0.455. The minimum absolute atomic E-state index is 0.0910. The van der Waals surface area contributed by atoms with Gasteiger partial charge in [-0.15, -0.1) is 11.3 Å². The second-order valence-electron chi connectivity index (χ2n) is 13.0. The number of alkyl halides is 1. The molecule has 1 aromatic heterocycles. The summed E-state index contributed by atoms with van der Waals surface area (Å²) in [7, 11) is -4.98. The van der Waals surface area contributed by atoms with Crippen LogP contribution in [0.15, 0.2) is 54.6 Å². The van der Waals surface area contributed by atoms with Crippen molar-refractivity contribution in [2.24, 2.45) is 5.92 Å². The highest BCUT2D eigenvalue weighted by Crippen LogP contribution is 2.58. The van der Waals surface area contributed by atoms with Crippen molar-refractivity contribution in [1.82, 2.24) is 15.1 Å². The number of benzene rings is 2. The van der Waals surface area contributed by atoms with Gasteiger partial charge < -0.3 is 24.9 Å². The van der Waals surface area contributed by atoms with Crippen LogP contribution in [0.4, 0.5) is 4.39 Å². The number of nitrogens with zero attached hydrogens (tertiary/aromatic N) is 3. The van der Waals surface area contributed by atoms with Crippen LogP contribution in [0.2, 0.25) is 0 Å². The van der Waals surface area contributed by atoms with E-state index in [0.717, 1.165) is 36.2 Å². The molecule has 2 aromatic carbocycles. The fourth-order valence-corrected chi connectivity index (χ4v) is 9.41. The quantitative estimate of drug-likeness (QED) is 0.314. The number of fused-ring (bicyclic) bond motifs is 2. The van der Waals surface area contributed by atoms with Crippen molar-refractivity contribution in [1.29, 1.82) is 5.26 Å². The number of thiophene rings is 1. The van der Waals surface area contributed by atoms with Gasteiger partial charge in [0, 0.05) is 23.2 Å². The number of carbonyl (C=O) groups is 3. The first-order chi connectivity index (χ1) is 22.0. The predicted octanol–water partition coefficient (Wildman–Crippen LogP) is 4.99. The molecule has 7 rings (SSSR count). The Morgan fingerprint density at radius 1 is 1.09 bits per heavy atom. The second kappa shape index (κ2) is 11.6. The Morgan fingerprint density at radius 2 is 1.85 bits per heavy atom. The maximum Gasteiger partial charge on any atom is 0.363 e. The van der Waals surface area contributed by atoms with E-state index in [9.17, 15) is 38.4 Å². The molecule has 0 radical (unpaired) electrons. The van der Waals surface area contributed by atoms with E-state index in [4.69, 9.17) is 0 Å². The van der Waals surface area contributed by atoms with Crippen molar-refractivity contribution >= 4 is 46.7 Å². The molecule has 1 saturated carbocycles. The molecule has 10 nitrogen and oxygen atoms in total. The van der Waals surface area contributed by atoms with Crippen molar-refractivity contribution in [2.45, 2.75) is 80.4 Å². The first-order valence-electron chi connectivity index (χ1n) is 15.6. The monoisotopic (exact) mass is 664 g/mol. The zero-order valence-electron chi connectivity index (χ0n) is 24.9. The molecule has 46 heavy (non-hydrogen) atoms. The van der Waals surface area contributed by atoms with Crippen LogP contribution in [0.5, 0.6) is 0 Å². The molecule has 3 saturated heterocycles. The molecule has 240 valence electrons. The van der Waals surface area contributed by atoms with Gasteiger partial charge >= 0.3 is 7.60 Å². The van der Waals surface area contributed by atoms with Crippen LogP contribution >= 0.6 is 18.9 Å². The molecule has 3 N–H and O–H groups in total. The lowest BCUT2D eigenvalue weighted by molar-refractivity contribution is -0.147. The third kappa shape index (κ3) is 5.23. The Hall–Kier alpha value is -3.62. The lowest BCUT2D eigenvalue weighted by atomic mass is 9.85. The topological polar surface area (TPSA) is 151 Å². The number of halogens is 1. The van der Waals surface area contributed by atoms with Gasteiger partial charge in [-0.3, -0.25) is 18.9 Å². The summed E-state index contributed by atoms with van der Waals surface area (Å²) in [5.41, 5.74) is 0.362. The highest BCUT2D eigenvalue weighted by atomic mass is 32.1. The van der Waals surface area contributed by atoms with Gasteiger partial charge in [0.2, 0.25) is 17.7 Å². The summed E-state index contributed by atoms with van der Waals surface area (Å²) < 4.78 is 26.3. The third-order valence-electron chi connectivity index (χ3n) is 10.3. The summed E-state index contributed by atoms with van der Waals surface area (Å²) in [5, 5.41) is 13.5. The van der Waals surface area contributed by atoms with Gasteiger partial charge in [0.1, 0.15) is 12.1 Å². The van der Waals surface area contributed by atoms with Gasteiger partial charge in [-0.1, -0.05) is 36.4 Å². The molecule has 0 bridgehead atoms. The highest BCUT2D eigenvalue weighted by Gasteiger charge is 2.64. The zero-order valence-corrected chi connectivity index (χ0v) is 26.6. The van der Waals surface area contributed by atoms with Crippen LogP contribution in [0.1, 0.15) is 77.6 Å². The van der Waals surface area contributed by atoms with E-state index in [1.54, 1.807) is 4.90 Å². The maximum absolute atomic E-state index is 14.3. The van der Waals surface area contributed by atoms with E-state index < -0.39 is 37.0 Å². The Balaban J connectivity index is 1.09. The van der Waals surface area contributed by atoms with Crippen molar-refractivity contribution < 1.29 is 33.1 Å². The first kappa shape index (κ1) is 31.0. The lowest BCUT2D eigenvalue weighted by Crippen LogP contribution is -2.56. The molecule has 3 aromatic rings. The standard InChI is InChI=1S/C33H34FN4O6PS/c34-29(45(42,43)44)20-9-12-27-21(15-20)16-28(46-27)30(39)36-25-8-4-7-22-10-11-26(38(22)31(25)40)32(41)37-18-23(19-5-2-1-3-6-19)24(17-35)33(37)13-14-33/h1-3,5-6,9,12,15-16,22-26,29H,4,7-8,10-11,13-14,18H2,(H,36,39)(H2,42,43,44)/t22-,23-,24-,25-,26-,29+/m0/s1. The Labute approximate surface area is 269 Å². The third-order valence-corrected chi connectivity index (χ3v) is 12.3. The van der Waals surface area contributed by atoms with Crippen LogP contribution in [0, 0.1) is 17.2 Å². The van der Waals surface area contributed by atoms with Crippen molar-refractivity contribution in [3.63, 3.8) is 0 Å². The Kier molecular flexibility index (Phi) is 7.80.